The predicted octanol–water partition coefficient (Wildman–Crippen LogP) is 1.09. The van der Waals surface area contributed by atoms with Gasteiger partial charge in [0.2, 0.25) is 5.95 Å². The molecule has 0 aliphatic carbocycles. The Morgan fingerprint density at radius 1 is 1.56 bits per heavy atom. The van der Waals surface area contributed by atoms with Crippen LogP contribution >= 0.6 is 0 Å². The Labute approximate surface area is 109 Å². The number of hydrogen-bond acceptors (Lipinski definition) is 4. The number of rotatable bonds is 5. The second kappa shape index (κ2) is 6.20. The van der Waals surface area contributed by atoms with Crippen LogP contribution < -0.4 is 10.6 Å². The van der Waals surface area contributed by atoms with E-state index in [1.807, 2.05) is 12.4 Å². The molecule has 2 N–H and O–H groups in total. The van der Waals surface area contributed by atoms with Crippen molar-refractivity contribution in [1.82, 2.24) is 9.55 Å². The molecule has 1 aromatic heterocycles. The van der Waals surface area contributed by atoms with Crippen LogP contribution in [0.3, 0.4) is 0 Å². The van der Waals surface area contributed by atoms with Gasteiger partial charge in [-0.05, 0) is 18.8 Å². The van der Waals surface area contributed by atoms with E-state index >= 15 is 0 Å². The van der Waals surface area contributed by atoms with E-state index < -0.39 is 0 Å². The molecule has 1 aliphatic heterocycles. The highest BCUT2D eigenvalue weighted by Gasteiger charge is 2.25. The summed E-state index contributed by atoms with van der Waals surface area (Å²) in [5.41, 5.74) is 6.06. The van der Waals surface area contributed by atoms with Gasteiger partial charge in [0.1, 0.15) is 0 Å². The fourth-order valence-electron chi connectivity index (χ4n) is 2.48. The number of piperidine rings is 1. The fraction of sp³-hybridized carbons (Fsp3) is 0.769. The van der Waals surface area contributed by atoms with Crippen molar-refractivity contribution >= 4 is 5.95 Å². The third-order valence-corrected chi connectivity index (χ3v) is 3.70. The summed E-state index contributed by atoms with van der Waals surface area (Å²) in [7, 11) is 1.74. The number of methoxy groups -OCH3 is 1. The smallest absolute Gasteiger partial charge is 0.205 e. The van der Waals surface area contributed by atoms with Crippen molar-refractivity contribution < 1.29 is 4.74 Å². The lowest BCUT2D eigenvalue weighted by atomic mass is 9.95. The first kappa shape index (κ1) is 13.4. The van der Waals surface area contributed by atoms with E-state index in [4.69, 9.17) is 10.5 Å². The van der Waals surface area contributed by atoms with Crippen molar-refractivity contribution in [2.45, 2.75) is 32.4 Å². The molecule has 5 heteroatoms. The van der Waals surface area contributed by atoms with Gasteiger partial charge in [0.05, 0.1) is 0 Å². The number of ether oxygens (including phenoxy) is 1. The molecule has 1 aromatic rings. The number of aromatic nitrogens is 2. The maximum atomic E-state index is 6.06. The molecule has 18 heavy (non-hydrogen) atoms. The molecule has 0 saturated carbocycles. The zero-order valence-corrected chi connectivity index (χ0v) is 11.4. The van der Waals surface area contributed by atoms with E-state index in [0.29, 0.717) is 12.0 Å². The summed E-state index contributed by atoms with van der Waals surface area (Å²) in [5.74, 6) is 1.60. The van der Waals surface area contributed by atoms with Gasteiger partial charge in [0.25, 0.3) is 0 Å². The van der Waals surface area contributed by atoms with E-state index in [1.165, 1.54) is 0 Å². The molecule has 2 heterocycles. The van der Waals surface area contributed by atoms with Crippen molar-refractivity contribution in [3.8, 4) is 0 Å². The Bertz CT molecular complexity index is 366. The summed E-state index contributed by atoms with van der Waals surface area (Å²) in [5, 5.41) is 0. The minimum Gasteiger partial charge on any atom is -0.385 e. The lowest BCUT2D eigenvalue weighted by Gasteiger charge is -2.35. The second-order valence-corrected chi connectivity index (χ2v) is 5.14. The summed E-state index contributed by atoms with van der Waals surface area (Å²) in [6.07, 6.45) is 5.99. The molecule has 1 aliphatic rings. The highest BCUT2D eigenvalue weighted by atomic mass is 16.5. The standard InChI is InChI=1S/C13H24N4O/c1-11-10-17(7-4-12(11)14)13-15-5-8-16(13)6-3-9-18-2/h5,8,11-12H,3-4,6-7,9-10,14H2,1-2H3. The first-order chi connectivity index (χ1) is 8.72. The zero-order chi connectivity index (χ0) is 13.0. The van der Waals surface area contributed by atoms with Crippen molar-refractivity contribution in [3.63, 3.8) is 0 Å². The molecule has 2 atom stereocenters. The van der Waals surface area contributed by atoms with Crippen LogP contribution in [0.2, 0.25) is 0 Å². The molecular formula is C13H24N4O. The van der Waals surface area contributed by atoms with Crippen LogP contribution in [-0.4, -0.2) is 42.4 Å². The fourth-order valence-corrected chi connectivity index (χ4v) is 2.48. The maximum absolute atomic E-state index is 6.06. The predicted molar refractivity (Wildman–Crippen MR) is 72.7 cm³/mol. The van der Waals surface area contributed by atoms with E-state index in [9.17, 15) is 0 Å². The number of imidazole rings is 1. The molecule has 102 valence electrons. The number of anilines is 1. The van der Waals surface area contributed by atoms with E-state index in [1.54, 1.807) is 7.11 Å². The minimum atomic E-state index is 0.332. The molecular weight excluding hydrogens is 228 g/mol. The van der Waals surface area contributed by atoms with E-state index in [-0.39, 0.29) is 0 Å². The second-order valence-electron chi connectivity index (χ2n) is 5.14. The molecule has 2 unspecified atom stereocenters. The highest BCUT2D eigenvalue weighted by Crippen LogP contribution is 2.21. The zero-order valence-electron chi connectivity index (χ0n) is 11.4. The number of nitrogens with zero attached hydrogens (tertiary/aromatic N) is 3. The molecule has 0 bridgehead atoms. The molecule has 0 aromatic carbocycles. The van der Waals surface area contributed by atoms with Gasteiger partial charge in [-0.1, -0.05) is 6.92 Å². The summed E-state index contributed by atoms with van der Waals surface area (Å²) >= 11 is 0. The molecule has 0 spiro atoms. The monoisotopic (exact) mass is 252 g/mol. The Morgan fingerprint density at radius 3 is 3.11 bits per heavy atom. The number of aryl methyl sites for hydroxylation is 1. The third kappa shape index (κ3) is 3.03. The van der Waals surface area contributed by atoms with Gasteiger partial charge in [0, 0.05) is 51.8 Å². The highest BCUT2D eigenvalue weighted by molar-refractivity contribution is 5.32. The topological polar surface area (TPSA) is 56.3 Å². The summed E-state index contributed by atoms with van der Waals surface area (Å²) < 4.78 is 7.30. The van der Waals surface area contributed by atoms with E-state index in [2.05, 4.69) is 21.4 Å². The van der Waals surface area contributed by atoms with Gasteiger partial charge < -0.3 is 19.9 Å². The molecule has 0 amide bonds. The van der Waals surface area contributed by atoms with Gasteiger partial charge in [-0.2, -0.15) is 0 Å². The minimum absolute atomic E-state index is 0.332. The Kier molecular flexibility index (Phi) is 4.60. The van der Waals surface area contributed by atoms with Crippen molar-refractivity contribution in [1.29, 1.82) is 0 Å². The average molecular weight is 252 g/mol. The lowest BCUT2D eigenvalue weighted by Crippen LogP contribution is -2.46. The van der Waals surface area contributed by atoms with E-state index in [0.717, 1.165) is 45.0 Å². The lowest BCUT2D eigenvalue weighted by molar-refractivity contribution is 0.190. The van der Waals surface area contributed by atoms with Crippen LogP contribution in [0, 0.1) is 5.92 Å². The van der Waals surface area contributed by atoms with Gasteiger partial charge in [-0.15, -0.1) is 0 Å². The number of nitrogens with two attached hydrogens (primary N) is 1. The molecule has 1 fully saturated rings. The maximum Gasteiger partial charge on any atom is 0.205 e. The van der Waals surface area contributed by atoms with Crippen LogP contribution in [0.4, 0.5) is 5.95 Å². The first-order valence-electron chi connectivity index (χ1n) is 6.73. The Hall–Kier alpha value is -1.07. The molecule has 2 rings (SSSR count). The van der Waals surface area contributed by atoms with Crippen molar-refractivity contribution in [2.24, 2.45) is 11.7 Å². The largest absolute Gasteiger partial charge is 0.385 e. The normalized spacial score (nSPS) is 24.5. The van der Waals surface area contributed by atoms with Crippen LogP contribution in [0.1, 0.15) is 19.8 Å². The van der Waals surface area contributed by atoms with Crippen molar-refractivity contribution in [2.75, 3.05) is 31.7 Å². The Morgan fingerprint density at radius 2 is 2.39 bits per heavy atom. The molecule has 0 radical (unpaired) electrons. The summed E-state index contributed by atoms with van der Waals surface area (Å²) in [6, 6.07) is 0.332. The Balaban J connectivity index is 1.98. The van der Waals surface area contributed by atoms with Crippen LogP contribution in [-0.2, 0) is 11.3 Å². The van der Waals surface area contributed by atoms with Crippen LogP contribution in [0.25, 0.3) is 0 Å². The quantitative estimate of drug-likeness (QED) is 0.797. The SMILES string of the molecule is COCCCn1ccnc1N1CCC(N)C(C)C1. The van der Waals surface area contributed by atoms with Crippen LogP contribution in [0.5, 0.6) is 0 Å². The molecule has 1 saturated heterocycles. The molecule has 5 nitrogen and oxygen atoms in total. The van der Waals surface area contributed by atoms with Crippen LogP contribution in [0.15, 0.2) is 12.4 Å². The van der Waals surface area contributed by atoms with Gasteiger partial charge in [0.15, 0.2) is 0 Å². The van der Waals surface area contributed by atoms with Gasteiger partial charge in [-0.25, -0.2) is 4.98 Å². The average Bonchev–Trinajstić information content (AvgIpc) is 2.81. The van der Waals surface area contributed by atoms with Crippen molar-refractivity contribution in [3.05, 3.63) is 12.4 Å². The number of hydrogen-bond donors (Lipinski definition) is 1. The van der Waals surface area contributed by atoms with Gasteiger partial charge in [-0.3, -0.25) is 0 Å². The summed E-state index contributed by atoms with van der Waals surface area (Å²) in [4.78, 5) is 6.83. The first-order valence-corrected chi connectivity index (χ1v) is 6.73. The third-order valence-electron chi connectivity index (χ3n) is 3.70. The summed E-state index contributed by atoms with van der Waals surface area (Å²) in [6.45, 7) is 5.98. The van der Waals surface area contributed by atoms with Gasteiger partial charge >= 0.3 is 0 Å².